The van der Waals surface area contributed by atoms with Gasteiger partial charge in [-0.05, 0) is 30.3 Å². The van der Waals surface area contributed by atoms with Crippen molar-refractivity contribution in [3.05, 3.63) is 59.4 Å². The summed E-state index contributed by atoms with van der Waals surface area (Å²) in [5.41, 5.74) is 0.971. The smallest absolute Gasteiger partial charge is 0.272 e. The van der Waals surface area contributed by atoms with E-state index < -0.39 is 0 Å². The molecule has 2 aliphatic rings. The lowest BCUT2D eigenvalue weighted by molar-refractivity contribution is -0.0951. The number of H-pyrrole nitrogens is 1. The molecule has 0 saturated carbocycles. The Bertz CT molecular complexity index is 1030. The van der Waals surface area contributed by atoms with Crippen molar-refractivity contribution < 1.29 is 14.3 Å². The van der Waals surface area contributed by atoms with E-state index in [0.717, 1.165) is 10.6 Å². The van der Waals surface area contributed by atoms with Gasteiger partial charge in [0, 0.05) is 18.8 Å². The van der Waals surface area contributed by atoms with E-state index in [0.29, 0.717) is 36.7 Å². The SMILES string of the molecule is O=C(NC1COC2(C1)CN(C(=O)c1ccccn1)C2)c1ccc(-c2ccn[nH]2)s1. The second-order valence-electron chi connectivity index (χ2n) is 7.38. The summed E-state index contributed by atoms with van der Waals surface area (Å²) in [6.45, 7) is 1.51. The van der Waals surface area contributed by atoms with Crippen LogP contribution in [0.2, 0.25) is 0 Å². The van der Waals surface area contributed by atoms with Gasteiger partial charge in [0.2, 0.25) is 0 Å². The van der Waals surface area contributed by atoms with Crippen molar-refractivity contribution in [2.75, 3.05) is 19.7 Å². The largest absolute Gasteiger partial charge is 0.369 e. The van der Waals surface area contributed by atoms with Crippen LogP contribution in [0.25, 0.3) is 10.6 Å². The molecule has 8 nitrogen and oxygen atoms in total. The normalized spacial score (nSPS) is 19.9. The van der Waals surface area contributed by atoms with E-state index in [4.69, 9.17) is 4.74 Å². The molecule has 0 radical (unpaired) electrons. The zero-order chi connectivity index (χ0) is 19.8. The molecule has 0 bridgehead atoms. The number of aromatic nitrogens is 3. The number of nitrogens with one attached hydrogen (secondary N) is 2. The van der Waals surface area contributed by atoms with Crippen LogP contribution in [0.4, 0.5) is 0 Å². The summed E-state index contributed by atoms with van der Waals surface area (Å²) >= 11 is 1.42. The van der Waals surface area contributed by atoms with Crippen molar-refractivity contribution in [3.63, 3.8) is 0 Å². The van der Waals surface area contributed by atoms with E-state index in [1.54, 1.807) is 35.5 Å². The topological polar surface area (TPSA) is 100 Å². The molecular weight excluding hydrogens is 390 g/mol. The number of rotatable bonds is 4. The number of nitrogens with zero attached hydrogens (tertiary/aromatic N) is 3. The standard InChI is InChI=1S/C20H19N5O3S/c26-18(17-5-4-16(29-17)14-6-8-22-24-14)23-13-9-20(28-10-13)11-25(12-20)19(27)15-3-1-2-7-21-15/h1-8,13H,9-12H2,(H,22,24)(H,23,26). The van der Waals surface area contributed by atoms with Crippen LogP contribution >= 0.6 is 11.3 Å². The zero-order valence-electron chi connectivity index (χ0n) is 15.5. The highest BCUT2D eigenvalue weighted by molar-refractivity contribution is 7.17. The number of hydrogen-bond donors (Lipinski definition) is 2. The maximum absolute atomic E-state index is 12.6. The molecule has 2 saturated heterocycles. The molecule has 9 heteroatoms. The number of carbonyl (C=O) groups is 2. The van der Waals surface area contributed by atoms with E-state index in [1.807, 2.05) is 18.2 Å². The van der Waals surface area contributed by atoms with Crippen molar-refractivity contribution in [1.82, 2.24) is 25.4 Å². The fraction of sp³-hybridized carbons (Fsp3) is 0.300. The molecule has 0 aromatic carbocycles. The molecule has 1 spiro atoms. The van der Waals surface area contributed by atoms with Gasteiger partial charge >= 0.3 is 0 Å². The van der Waals surface area contributed by atoms with Crippen molar-refractivity contribution in [1.29, 1.82) is 0 Å². The third-order valence-corrected chi connectivity index (χ3v) is 6.39. The van der Waals surface area contributed by atoms with Crippen LogP contribution in [-0.2, 0) is 4.74 Å². The van der Waals surface area contributed by atoms with E-state index in [-0.39, 0.29) is 23.5 Å². The first kappa shape index (κ1) is 18.0. The fourth-order valence-electron chi connectivity index (χ4n) is 3.86. The summed E-state index contributed by atoms with van der Waals surface area (Å²) in [4.78, 5) is 32.5. The number of hydrogen-bond acceptors (Lipinski definition) is 6. The van der Waals surface area contributed by atoms with E-state index in [2.05, 4.69) is 20.5 Å². The third kappa shape index (κ3) is 3.43. The molecule has 1 unspecified atom stereocenters. The van der Waals surface area contributed by atoms with Gasteiger partial charge in [-0.3, -0.25) is 19.7 Å². The van der Waals surface area contributed by atoms with E-state index in [9.17, 15) is 9.59 Å². The van der Waals surface area contributed by atoms with Crippen LogP contribution in [0.15, 0.2) is 48.8 Å². The van der Waals surface area contributed by atoms with Crippen molar-refractivity contribution in [3.8, 4) is 10.6 Å². The van der Waals surface area contributed by atoms with Crippen LogP contribution in [0.5, 0.6) is 0 Å². The van der Waals surface area contributed by atoms with E-state index >= 15 is 0 Å². The lowest BCUT2D eigenvalue weighted by Gasteiger charge is -2.46. The Kier molecular flexibility index (Phi) is 4.40. The van der Waals surface area contributed by atoms with Gasteiger partial charge in [0.05, 0.1) is 41.2 Å². The Morgan fingerprint density at radius 1 is 1.21 bits per heavy atom. The summed E-state index contributed by atoms with van der Waals surface area (Å²) in [6.07, 6.45) is 4.00. The molecule has 2 aliphatic heterocycles. The molecule has 3 aromatic heterocycles. The molecule has 2 N–H and O–H groups in total. The Hall–Kier alpha value is -3.04. The van der Waals surface area contributed by atoms with Gasteiger partial charge in [0.15, 0.2) is 0 Å². The highest BCUT2D eigenvalue weighted by Crippen LogP contribution is 2.36. The Labute approximate surface area is 170 Å². The molecule has 148 valence electrons. The van der Waals surface area contributed by atoms with Crippen LogP contribution in [0.3, 0.4) is 0 Å². The monoisotopic (exact) mass is 409 g/mol. The van der Waals surface area contributed by atoms with Gasteiger partial charge in [0.1, 0.15) is 11.3 Å². The van der Waals surface area contributed by atoms with Crippen molar-refractivity contribution in [2.45, 2.75) is 18.1 Å². The van der Waals surface area contributed by atoms with Crippen LogP contribution < -0.4 is 5.32 Å². The number of aromatic amines is 1. The molecule has 5 heterocycles. The minimum Gasteiger partial charge on any atom is -0.369 e. The molecule has 5 rings (SSSR count). The van der Waals surface area contributed by atoms with Gasteiger partial charge < -0.3 is 15.0 Å². The van der Waals surface area contributed by atoms with Crippen molar-refractivity contribution >= 4 is 23.2 Å². The number of thiophene rings is 1. The van der Waals surface area contributed by atoms with Crippen LogP contribution in [0.1, 0.15) is 26.6 Å². The average Bonchev–Trinajstić information content (AvgIpc) is 3.46. The molecule has 0 aliphatic carbocycles. The van der Waals surface area contributed by atoms with Gasteiger partial charge in [0.25, 0.3) is 11.8 Å². The maximum atomic E-state index is 12.6. The number of carbonyl (C=O) groups excluding carboxylic acids is 2. The third-order valence-electron chi connectivity index (χ3n) is 5.27. The Morgan fingerprint density at radius 2 is 2.10 bits per heavy atom. The zero-order valence-corrected chi connectivity index (χ0v) is 16.3. The Morgan fingerprint density at radius 3 is 2.86 bits per heavy atom. The second-order valence-corrected chi connectivity index (χ2v) is 8.46. The first-order chi connectivity index (χ1) is 14.1. The predicted octanol–water partition coefficient (Wildman–Crippen LogP) is 1.95. The molecule has 3 aromatic rings. The number of pyridine rings is 1. The summed E-state index contributed by atoms with van der Waals surface area (Å²) < 4.78 is 5.97. The molecule has 2 amide bonds. The molecule has 1 atom stereocenters. The summed E-state index contributed by atoms with van der Waals surface area (Å²) in [5.74, 6) is -0.190. The summed E-state index contributed by atoms with van der Waals surface area (Å²) in [5, 5.41) is 9.90. The number of ether oxygens (including phenoxy) is 1. The second kappa shape index (κ2) is 7.09. The molecular formula is C20H19N5O3S. The minimum absolute atomic E-state index is 0.0627. The van der Waals surface area contributed by atoms with Gasteiger partial charge in [-0.1, -0.05) is 6.07 Å². The number of amides is 2. The highest BCUT2D eigenvalue weighted by atomic mass is 32.1. The van der Waals surface area contributed by atoms with Crippen LogP contribution in [-0.4, -0.2) is 63.2 Å². The van der Waals surface area contributed by atoms with E-state index in [1.165, 1.54) is 11.3 Å². The summed E-state index contributed by atoms with van der Waals surface area (Å²) in [6, 6.07) is 10.8. The first-order valence-electron chi connectivity index (χ1n) is 9.37. The summed E-state index contributed by atoms with van der Waals surface area (Å²) in [7, 11) is 0. The highest BCUT2D eigenvalue weighted by Gasteiger charge is 2.51. The van der Waals surface area contributed by atoms with Crippen LogP contribution in [0, 0.1) is 0 Å². The fourth-order valence-corrected chi connectivity index (χ4v) is 4.74. The molecule has 29 heavy (non-hydrogen) atoms. The lowest BCUT2D eigenvalue weighted by atomic mass is 9.89. The van der Waals surface area contributed by atoms with Gasteiger partial charge in [-0.25, -0.2) is 0 Å². The number of likely N-dealkylation sites (tertiary alicyclic amines) is 1. The molecule has 2 fully saturated rings. The maximum Gasteiger partial charge on any atom is 0.272 e. The predicted molar refractivity (Wildman–Crippen MR) is 107 cm³/mol. The quantitative estimate of drug-likeness (QED) is 0.686. The Balaban J connectivity index is 1.16. The lowest BCUT2D eigenvalue weighted by Crippen LogP contribution is -2.63. The van der Waals surface area contributed by atoms with Gasteiger partial charge in [-0.15, -0.1) is 11.3 Å². The van der Waals surface area contributed by atoms with Crippen molar-refractivity contribution in [2.24, 2.45) is 0 Å². The first-order valence-corrected chi connectivity index (χ1v) is 10.2. The van der Waals surface area contributed by atoms with Gasteiger partial charge in [-0.2, -0.15) is 5.10 Å². The average molecular weight is 409 g/mol. The minimum atomic E-state index is -0.362.